The maximum Gasteiger partial charge on any atom is 0.398 e. The number of hydroxylamine groups is 4. The number of hydrogen-bond acceptors (Lipinski definition) is 4. The van der Waals surface area contributed by atoms with E-state index in [1.165, 1.54) is 20.9 Å². The average Bonchev–Trinajstić information content (AvgIpc) is 2.17. The second-order valence-corrected chi connectivity index (χ2v) is 3.65. The van der Waals surface area contributed by atoms with Crippen molar-refractivity contribution in [3.8, 4) is 0 Å². The highest BCUT2D eigenvalue weighted by Crippen LogP contribution is 2.10. The van der Waals surface area contributed by atoms with Crippen molar-refractivity contribution >= 4 is 11.9 Å². The van der Waals surface area contributed by atoms with Crippen LogP contribution >= 0.6 is 0 Å². The molecule has 0 fully saturated rings. The highest BCUT2D eigenvalue weighted by atomic mass is 17.0. The van der Waals surface area contributed by atoms with Crippen LogP contribution in [0.25, 0.3) is 0 Å². The molecule has 90 valence electrons. The Bertz CT molecular complexity index is 305. The Morgan fingerprint density at radius 2 is 1.38 bits per heavy atom. The number of nitrogens with zero attached hydrogens (tertiary/aromatic N) is 1. The fourth-order valence-corrected chi connectivity index (χ4v) is 0.654. The van der Waals surface area contributed by atoms with Crippen LogP contribution in [-0.4, -0.2) is 30.3 Å². The molecule has 16 heavy (non-hydrogen) atoms. The van der Waals surface area contributed by atoms with E-state index in [0.29, 0.717) is 0 Å². The molecule has 0 N–H and O–H groups in total. The molecule has 0 heterocycles. The SMILES string of the molecule is C=C(C)C(=O)O[N+](C)(CC)OC(=O)C(=C)C. The zero-order valence-electron chi connectivity index (χ0n) is 10.2. The minimum Gasteiger partial charge on any atom is -0.240 e. The second kappa shape index (κ2) is 5.46. The summed E-state index contributed by atoms with van der Waals surface area (Å²) in [5.74, 6) is -1.22. The van der Waals surface area contributed by atoms with Crippen LogP contribution in [0.4, 0.5) is 0 Å². The quantitative estimate of drug-likeness (QED) is 0.407. The molecule has 0 radical (unpaired) electrons. The van der Waals surface area contributed by atoms with E-state index in [-0.39, 0.29) is 17.7 Å². The smallest absolute Gasteiger partial charge is 0.240 e. The zero-order chi connectivity index (χ0) is 12.9. The Hall–Kier alpha value is -1.62. The summed E-state index contributed by atoms with van der Waals surface area (Å²) >= 11 is 0. The van der Waals surface area contributed by atoms with Gasteiger partial charge >= 0.3 is 11.9 Å². The van der Waals surface area contributed by atoms with Crippen LogP contribution in [0, 0.1) is 0 Å². The van der Waals surface area contributed by atoms with Gasteiger partial charge in [0.2, 0.25) is 0 Å². The first-order chi connectivity index (χ1) is 7.22. The van der Waals surface area contributed by atoms with Crippen molar-refractivity contribution in [2.24, 2.45) is 0 Å². The first-order valence-electron chi connectivity index (χ1n) is 4.86. The van der Waals surface area contributed by atoms with Crippen molar-refractivity contribution in [3.63, 3.8) is 0 Å². The van der Waals surface area contributed by atoms with E-state index in [1.807, 2.05) is 0 Å². The third-order valence-electron chi connectivity index (χ3n) is 1.82. The van der Waals surface area contributed by atoms with Gasteiger partial charge in [0, 0.05) is 16.0 Å². The monoisotopic (exact) mass is 228 g/mol. The normalized spacial score (nSPS) is 10.5. The molecular weight excluding hydrogens is 210 g/mol. The van der Waals surface area contributed by atoms with Crippen LogP contribution in [0.5, 0.6) is 0 Å². The van der Waals surface area contributed by atoms with Crippen molar-refractivity contribution < 1.29 is 24.1 Å². The molecule has 0 aliphatic heterocycles. The van der Waals surface area contributed by atoms with Crippen LogP contribution in [0.2, 0.25) is 0 Å². The highest BCUT2D eigenvalue weighted by Gasteiger charge is 2.32. The Labute approximate surface area is 95.4 Å². The standard InChI is InChI=1S/C11H18NO4/c1-7-12(6,15-10(13)8(2)3)16-11(14)9(4)5/h2,4,7H2,1,3,5-6H3/q+1. The lowest BCUT2D eigenvalue weighted by molar-refractivity contribution is -1.21. The summed E-state index contributed by atoms with van der Waals surface area (Å²) in [4.78, 5) is 32.0. The fraction of sp³-hybridized carbons (Fsp3) is 0.455. The van der Waals surface area contributed by atoms with Crippen molar-refractivity contribution in [2.75, 3.05) is 13.6 Å². The molecule has 0 unspecified atom stereocenters. The Morgan fingerprint density at radius 3 is 1.56 bits per heavy atom. The van der Waals surface area contributed by atoms with Crippen molar-refractivity contribution in [1.82, 2.24) is 0 Å². The largest absolute Gasteiger partial charge is 0.398 e. The van der Waals surface area contributed by atoms with Gasteiger partial charge in [-0.2, -0.15) is 0 Å². The highest BCUT2D eigenvalue weighted by molar-refractivity contribution is 5.87. The molecule has 0 spiro atoms. The van der Waals surface area contributed by atoms with Crippen LogP contribution < -0.4 is 0 Å². The summed E-state index contributed by atoms with van der Waals surface area (Å²) in [6.45, 7) is 11.9. The van der Waals surface area contributed by atoms with Gasteiger partial charge in [-0.05, 0) is 20.8 Å². The van der Waals surface area contributed by atoms with Crippen molar-refractivity contribution in [3.05, 3.63) is 24.3 Å². The van der Waals surface area contributed by atoms with Crippen LogP contribution in [-0.2, 0) is 19.3 Å². The van der Waals surface area contributed by atoms with Crippen molar-refractivity contribution in [1.29, 1.82) is 0 Å². The van der Waals surface area contributed by atoms with Gasteiger partial charge in [0.25, 0.3) is 0 Å². The van der Waals surface area contributed by atoms with E-state index in [9.17, 15) is 9.59 Å². The lowest BCUT2D eigenvalue weighted by Crippen LogP contribution is -2.47. The molecule has 0 aliphatic carbocycles. The summed E-state index contributed by atoms with van der Waals surface area (Å²) in [5, 5.41) is 0. The number of carbonyl (C=O) groups is 2. The second-order valence-electron chi connectivity index (χ2n) is 3.65. The summed E-state index contributed by atoms with van der Waals surface area (Å²) in [6.07, 6.45) is 0. The van der Waals surface area contributed by atoms with Gasteiger partial charge in [0.1, 0.15) is 0 Å². The van der Waals surface area contributed by atoms with Crippen LogP contribution in [0.3, 0.4) is 0 Å². The van der Waals surface area contributed by atoms with E-state index >= 15 is 0 Å². The fourth-order valence-electron chi connectivity index (χ4n) is 0.654. The maximum atomic E-state index is 11.3. The van der Waals surface area contributed by atoms with Gasteiger partial charge in [-0.1, -0.05) is 13.2 Å². The predicted octanol–water partition coefficient (Wildman–Crippen LogP) is 1.52. The molecule has 0 aromatic heterocycles. The molecule has 0 aliphatic rings. The summed E-state index contributed by atoms with van der Waals surface area (Å²) in [6, 6.07) is 0. The zero-order valence-corrected chi connectivity index (χ0v) is 10.2. The number of hydrogen-bond donors (Lipinski definition) is 0. The molecule has 0 atom stereocenters. The molecule has 0 saturated carbocycles. The van der Waals surface area contributed by atoms with Gasteiger partial charge < -0.3 is 0 Å². The van der Waals surface area contributed by atoms with Gasteiger partial charge in [-0.3, -0.25) is 0 Å². The van der Waals surface area contributed by atoms with Crippen LogP contribution in [0.15, 0.2) is 24.3 Å². The molecule has 0 aromatic rings. The number of carbonyl (C=O) groups excluding carboxylic acids is 2. The number of rotatable bonds is 5. The van der Waals surface area contributed by atoms with E-state index < -0.39 is 16.7 Å². The Morgan fingerprint density at radius 1 is 1.06 bits per heavy atom. The van der Waals surface area contributed by atoms with Gasteiger partial charge in [-0.15, -0.1) is 0 Å². The van der Waals surface area contributed by atoms with E-state index in [4.69, 9.17) is 9.68 Å². The first kappa shape index (κ1) is 14.4. The minimum atomic E-state index is -0.612. The molecule has 0 saturated heterocycles. The minimum absolute atomic E-state index is 0.240. The van der Waals surface area contributed by atoms with Gasteiger partial charge in [0.05, 0.1) is 0 Å². The Kier molecular flexibility index (Phi) is 4.91. The van der Waals surface area contributed by atoms with Crippen molar-refractivity contribution in [2.45, 2.75) is 20.8 Å². The molecular formula is C11H18NO4+. The number of quaternary nitrogens is 1. The average molecular weight is 228 g/mol. The maximum absolute atomic E-state index is 11.3. The molecule has 5 heteroatoms. The van der Waals surface area contributed by atoms with E-state index in [0.717, 1.165) is 0 Å². The molecule has 5 nitrogen and oxygen atoms in total. The summed E-state index contributed by atoms with van der Waals surface area (Å²) in [5.41, 5.74) is 0.480. The molecule has 0 bridgehead atoms. The van der Waals surface area contributed by atoms with Crippen LogP contribution in [0.1, 0.15) is 20.8 Å². The third-order valence-corrected chi connectivity index (χ3v) is 1.82. The van der Waals surface area contributed by atoms with E-state index in [1.54, 1.807) is 6.92 Å². The summed E-state index contributed by atoms with van der Waals surface area (Å²) in [7, 11) is 1.46. The lowest BCUT2D eigenvalue weighted by atomic mass is 10.4. The molecule has 0 amide bonds. The van der Waals surface area contributed by atoms with E-state index in [2.05, 4.69) is 13.2 Å². The molecule has 0 rings (SSSR count). The Balaban J connectivity index is 4.66. The predicted molar refractivity (Wildman–Crippen MR) is 58.5 cm³/mol. The first-order valence-corrected chi connectivity index (χ1v) is 4.86. The van der Waals surface area contributed by atoms with Gasteiger partial charge in [0.15, 0.2) is 13.6 Å². The molecule has 0 aromatic carbocycles. The van der Waals surface area contributed by atoms with Gasteiger partial charge in [-0.25, -0.2) is 19.3 Å². The summed E-state index contributed by atoms with van der Waals surface area (Å²) < 4.78 is 0. The topological polar surface area (TPSA) is 52.6 Å². The third kappa shape index (κ3) is 4.27. The lowest BCUT2D eigenvalue weighted by Gasteiger charge is -2.25.